The monoisotopic (exact) mass is 374 g/mol. The highest BCUT2D eigenvalue weighted by atomic mass is 16.5. The van der Waals surface area contributed by atoms with Gasteiger partial charge >= 0.3 is 5.69 Å². The molecule has 0 bridgehead atoms. The molecule has 1 aliphatic carbocycles. The maximum atomic E-state index is 12.2. The lowest BCUT2D eigenvalue weighted by atomic mass is 10.0. The van der Waals surface area contributed by atoms with E-state index in [1.807, 2.05) is 18.2 Å². The molecule has 1 fully saturated rings. The fraction of sp³-hybridized carbons (Fsp3) is 0.500. The summed E-state index contributed by atoms with van der Waals surface area (Å²) in [5.41, 5.74) is 0.683. The zero-order chi connectivity index (χ0) is 19.4. The fourth-order valence-electron chi connectivity index (χ4n) is 3.77. The molecular formula is C20H26N2O5. The van der Waals surface area contributed by atoms with E-state index in [9.17, 15) is 19.8 Å². The van der Waals surface area contributed by atoms with Gasteiger partial charge in [-0.2, -0.15) is 0 Å². The van der Waals surface area contributed by atoms with Crippen LogP contribution in [-0.4, -0.2) is 45.2 Å². The molecule has 0 saturated heterocycles. The lowest BCUT2D eigenvalue weighted by molar-refractivity contribution is -0.0325. The summed E-state index contributed by atoms with van der Waals surface area (Å²) in [4.78, 5) is 26.2. The molecule has 0 amide bonds. The molecule has 1 heterocycles. The molecule has 3 N–H and O–H groups in total. The van der Waals surface area contributed by atoms with Gasteiger partial charge < -0.3 is 14.9 Å². The molecule has 4 atom stereocenters. The van der Waals surface area contributed by atoms with Crippen molar-refractivity contribution in [2.45, 2.75) is 44.4 Å². The van der Waals surface area contributed by atoms with E-state index in [-0.39, 0.29) is 6.61 Å². The number of aliphatic hydroxyl groups is 2. The van der Waals surface area contributed by atoms with E-state index in [0.717, 1.165) is 12.8 Å². The maximum absolute atomic E-state index is 12.2. The van der Waals surface area contributed by atoms with Crippen LogP contribution in [-0.2, 0) is 11.2 Å². The topological polar surface area (TPSA) is 105 Å². The van der Waals surface area contributed by atoms with Crippen LogP contribution in [0.2, 0.25) is 0 Å². The molecule has 146 valence electrons. The van der Waals surface area contributed by atoms with Crippen LogP contribution >= 0.6 is 0 Å². The Kier molecular flexibility index (Phi) is 6.26. The van der Waals surface area contributed by atoms with Gasteiger partial charge in [0.05, 0.1) is 24.9 Å². The molecule has 0 spiro atoms. The van der Waals surface area contributed by atoms with Crippen LogP contribution in [0.4, 0.5) is 0 Å². The lowest BCUT2D eigenvalue weighted by Crippen LogP contribution is -2.38. The Hall–Kier alpha value is -2.22. The molecule has 0 radical (unpaired) electrons. The summed E-state index contributed by atoms with van der Waals surface area (Å²) < 4.78 is 7.43. The number of ether oxygens (including phenoxy) is 1. The molecule has 7 nitrogen and oxygen atoms in total. The van der Waals surface area contributed by atoms with Gasteiger partial charge in [-0.05, 0) is 31.7 Å². The lowest BCUT2D eigenvalue weighted by Gasteiger charge is -2.26. The summed E-state index contributed by atoms with van der Waals surface area (Å²) in [6.45, 7) is 1.86. The molecule has 2 aromatic rings. The molecule has 1 aromatic heterocycles. The number of hydrogen-bond acceptors (Lipinski definition) is 5. The van der Waals surface area contributed by atoms with E-state index in [1.54, 1.807) is 6.92 Å². The minimum atomic E-state index is -0.766. The Bertz CT molecular complexity index is 861. The van der Waals surface area contributed by atoms with Crippen LogP contribution in [0.3, 0.4) is 0 Å². The highest BCUT2D eigenvalue weighted by Crippen LogP contribution is 2.36. The second-order valence-corrected chi connectivity index (χ2v) is 7.12. The first-order valence-electron chi connectivity index (χ1n) is 9.27. The van der Waals surface area contributed by atoms with Crippen LogP contribution < -0.4 is 11.2 Å². The fourth-order valence-corrected chi connectivity index (χ4v) is 3.77. The minimum Gasteiger partial charge on any atom is -0.396 e. The van der Waals surface area contributed by atoms with Gasteiger partial charge in [0.1, 0.15) is 0 Å². The number of benzene rings is 1. The van der Waals surface area contributed by atoms with Gasteiger partial charge in [-0.15, -0.1) is 0 Å². The van der Waals surface area contributed by atoms with Crippen molar-refractivity contribution in [1.82, 2.24) is 9.55 Å². The summed E-state index contributed by atoms with van der Waals surface area (Å²) in [6, 6.07) is 9.64. The Morgan fingerprint density at radius 1 is 1.26 bits per heavy atom. The van der Waals surface area contributed by atoms with Gasteiger partial charge in [-0.1, -0.05) is 30.3 Å². The smallest absolute Gasteiger partial charge is 0.328 e. The SMILES string of the molecule is Cc1cn([C@H]2C[C@H](O)[C@@H](CO)[C@@H]2OCCCc2ccccc2)c(=O)[nH]c1=O. The van der Waals surface area contributed by atoms with Crippen molar-refractivity contribution in [2.24, 2.45) is 5.92 Å². The number of aryl methyl sites for hydroxylation is 2. The zero-order valence-corrected chi connectivity index (χ0v) is 15.4. The number of hydrogen-bond donors (Lipinski definition) is 3. The molecule has 7 heteroatoms. The van der Waals surface area contributed by atoms with E-state index in [4.69, 9.17) is 4.74 Å². The van der Waals surface area contributed by atoms with Crippen LogP contribution in [0, 0.1) is 12.8 Å². The third-order valence-corrected chi connectivity index (χ3v) is 5.26. The first-order chi connectivity index (χ1) is 13.0. The van der Waals surface area contributed by atoms with Crippen LogP contribution in [0.15, 0.2) is 46.1 Å². The highest BCUT2D eigenvalue weighted by molar-refractivity contribution is 5.14. The van der Waals surface area contributed by atoms with Gasteiger partial charge in [0.2, 0.25) is 0 Å². The van der Waals surface area contributed by atoms with Crippen molar-refractivity contribution >= 4 is 0 Å². The molecule has 0 unspecified atom stereocenters. The molecular weight excluding hydrogens is 348 g/mol. The number of aromatic nitrogens is 2. The summed E-state index contributed by atoms with van der Waals surface area (Å²) in [5, 5.41) is 20.0. The van der Waals surface area contributed by atoms with Gasteiger partial charge in [-0.25, -0.2) is 4.79 Å². The van der Waals surface area contributed by atoms with Gasteiger partial charge in [0.15, 0.2) is 0 Å². The van der Waals surface area contributed by atoms with Crippen LogP contribution in [0.5, 0.6) is 0 Å². The molecule has 1 aromatic carbocycles. The first-order valence-corrected chi connectivity index (χ1v) is 9.27. The molecule has 27 heavy (non-hydrogen) atoms. The van der Waals surface area contributed by atoms with Crippen molar-refractivity contribution < 1.29 is 14.9 Å². The number of aromatic amines is 1. The summed E-state index contributed by atoms with van der Waals surface area (Å²) in [6.07, 6.45) is 2.18. The van der Waals surface area contributed by atoms with Crippen LogP contribution in [0.25, 0.3) is 0 Å². The molecule has 3 rings (SSSR count). The third kappa shape index (κ3) is 4.37. The maximum Gasteiger partial charge on any atom is 0.328 e. The van der Waals surface area contributed by atoms with Gasteiger partial charge in [0.25, 0.3) is 5.56 Å². The number of nitrogens with zero attached hydrogens (tertiary/aromatic N) is 1. The van der Waals surface area contributed by atoms with E-state index in [0.29, 0.717) is 18.6 Å². The Balaban J connectivity index is 1.72. The number of rotatable bonds is 7. The van der Waals surface area contributed by atoms with Crippen molar-refractivity contribution in [3.63, 3.8) is 0 Å². The van der Waals surface area contributed by atoms with Crippen LogP contribution in [0.1, 0.15) is 30.0 Å². The zero-order valence-electron chi connectivity index (χ0n) is 15.4. The predicted molar refractivity (Wildman–Crippen MR) is 101 cm³/mol. The summed E-state index contributed by atoms with van der Waals surface area (Å²) >= 11 is 0. The second-order valence-electron chi connectivity index (χ2n) is 7.12. The first kappa shape index (κ1) is 19.5. The standard InChI is InChI=1S/C20H26N2O5/c1-13-11-22(20(26)21-19(13)25)16-10-17(24)15(12-23)18(16)27-9-5-8-14-6-3-2-4-7-14/h2-4,6-7,11,15-18,23-24H,5,8-10,12H2,1H3,(H,21,25,26)/t15-,16+,17+,18+/m1/s1. The minimum absolute atomic E-state index is 0.224. The average molecular weight is 374 g/mol. The number of H-pyrrole nitrogens is 1. The van der Waals surface area contributed by atoms with Gasteiger partial charge in [0, 0.05) is 24.3 Å². The number of aliphatic hydroxyl groups excluding tert-OH is 2. The van der Waals surface area contributed by atoms with E-state index in [1.165, 1.54) is 16.3 Å². The Morgan fingerprint density at radius 3 is 2.70 bits per heavy atom. The highest BCUT2D eigenvalue weighted by Gasteiger charge is 2.44. The predicted octanol–water partition coefficient (Wildman–Crippen LogP) is 0.777. The Morgan fingerprint density at radius 2 is 2.00 bits per heavy atom. The third-order valence-electron chi connectivity index (χ3n) is 5.26. The summed E-state index contributed by atoms with van der Waals surface area (Å²) in [5.74, 6) is -0.467. The largest absolute Gasteiger partial charge is 0.396 e. The quantitative estimate of drug-likeness (QED) is 0.621. The van der Waals surface area contributed by atoms with Crippen molar-refractivity contribution in [2.75, 3.05) is 13.2 Å². The molecule has 1 saturated carbocycles. The normalized spacial score (nSPS) is 25.0. The average Bonchev–Trinajstić information content (AvgIpc) is 2.97. The molecule has 0 aliphatic heterocycles. The van der Waals surface area contributed by atoms with E-state index >= 15 is 0 Å². The van der Waals surface area contributed by atoms with Crippen molar-refractivity contribution in [3.8, 4) is 0 Å². The van der Waals surface area contributed by atoms with Gasteiger partial charge in [-0.3, -0.25) is 14.3 Å². The van der Waals surface area contributed by atoms with E-state index in [2.05, 4.69) is 17.1 Å². The molecule has 1 aliphatic rings. The second kappa shape index (κ2) is 8.65. The summed E-state index contributed by atoms with van der Waals surface area (Å²) in [7, 11) is 0. The van der Waals surface area contributed by atoms with Crippen molar-refractivity contribution in [1.29, 1.82) is 0 Å². The Labute approximate surface area is 157 Å². The van der Waals surface area contributed by atoms with Crippen molar-refractivity contribution in [3.05, 3.63) is 68.5 Å². The number of nitrogens with one attached hydrogen (secondary N) is 1. The van der Waals surface area contributed by atoms with E-state index < -0.39 is 35.4 Å².